The standard InChI is InChI=1S/C26H27N5O4S/c1-30(2)22-12-8-19(9-13-22)16-27-29-26(33)24(18-36-17-20-6-4-3-5-7-20)28-25(32)21-10-14-23(15-11-21)31(34)35/h3-16,24H,17-18H2,1-2H3,(H,28,32)(H,29,33)/t24-/m0/s1. The van der Waals surface area contributed by atoms with Crippen LogP contribution in [0.2, 0.25) is 0 Å². The van der Waals surface area contributed by atoms with Gasteiger partial charge in [0.25, 0.3) is 17.5 Å². The summed E-state index contributed by atoms with van der Waals surface area (Å²) in [6.07, 6.45) is 1.53. The minimum Gasteiger partial charge on any atom is -0.378 e. The van der Waals surface area contributed by atoms with Gasteiger partial charge in [0.2, 0.25) is 0 Å². The Bertz CT molecular complexity index is 1200. The lowest BCUT2D eigenvalue weighted by Crippen LogP contribution is -2.47. The van der Waals surface area contributed by atoms with Gasteiger partial charge in [0.1, 0.15) is 6.04 Å². The normalized spacial score (nSPS) is 11.6. The number of benzene rings is 3. The Labute approximate surface area is 213 Å². The fourth-order valence-corrected chi connectivity index (χ4v) is 4.15. The number of carbonyl (C=O) groups excluding carboxylic acids is 2. The quantitative estimate of drug-likeness (QED) is 0.232. The molecule has 2 amide bonds. The molecular formula is C26H27N5O4S. The molecule has 3 aromatic rings. The molecule has 0 aromatic heterocycles. The molecule has 0 unspecified atom stereocenters. The highest BCUT2D eigenvalue weighted by Crippen LogP contribution is 2.15. The number of hydrazone groups is 1. The number of amides is 2. The summed E-state index contributed by atoms with van der Waals surface area (Å²) in [6.45, 7) is 0. The maximum Gasteiger partial charge on any atom is 0.269 e. The van der Waals surface area contributed by atoms with Gasteiger partial charge in [0.05, 0.1) is 11.1 Å². The zero-order valence-electron chi connectivity index (χ0n) is 20.0. The average molecular weight is 506 g/mol. The van der Waals surface area contributed by atoms with E-state index in [1.54, 1.807) is 0 Å². The number of nitrogens with zero attached hydrogens (tertiary/aromatic N) is 3. The first kappa shape index (κ1) is 26.4. The van der Waals surface area contributed by atoms with E-state index in [-0.39, 0.29) is 11.3 Å². The zero-order chi connectivity index (χ0) is 25.9. The summed E-state index contributed by atoms with van der Waals surface area (Å²) in [7, 11) is 3.90. The van der Waals surface area contributed by atoms with E-state index in [1.165, 1.54) is 42.2 Å². The van der Waals surface area contributed by atoms with Gasteiger partial charge in [-0.1, -0.05) is 42.5 Å². The molecule has 0 radical (unpaired) electrons. The predicted octanol–water partition coefficient (Wildman–Crippen LogP) is 3.84. The summed E-state index contributed by atoms with van der Waals surface area (Å²) in [5, 5.41) is 17.6. The van der Waals surface area contributed by atoms with Gasteiger partial charge >= 0.3 is 0 Å². The molecule has 0 bridgehead atoms. The maximum absolute atomic E-state index is 12.9. The number of rotatable bonds is 11. The first-order chi connectivity index (χ1) is 17.3. The first-order valence-corrected chi connectivity index (χ1v) is 12.3. The highest BCUT2D eigenvalue weighted by atomic mass is 32.2. The van der Waals surface area contributed by atoms with Crippen molar-refractivity contribution in [3.8, 4) is 0 Å². The number of carbonyl (C=O) groups is 2. The van der Waals surface area contributed by atoms with E-state index in [9.17, 15) is 19.7 Å². The number of nitro groups is 1. The van der Waals surface area contributed by atoms with Crippen LogP contribution in [0, 0.1) is 10.1 Å². The molecule has 0 saturated heterocycles. The number of nitrogens with one attached hydrogen (secondary N) is 2. The molecular weight excluding hydrogens is 478 g/mol. The van der Waals surface area contributed by atoms with Gasteiger partial charge in [0, 0.05) is 49.0 Å². The Morgan fingerprint density at radius 2 is 1.69 bits per heavy atom. The minimum atomic E-state index is -0.866. The Hall–Kier alpha value is -4.18. The van der Waals surface area contributed by atoms with Gasteiger partial charge in [-0.3, -0.25) is 19.7 Å². The van der Waals surface area contributed by atoms with Crippen molar-refractivity contribution in [3.63, 3.8) is 0 Å². The largest absolute Gasteiger partial charge is 0.378 e. The molecule has 9 nitrogen and oxygen atoms in total. The fraction of sp³-hybridized carbons (Fsp3) is 0.192. The minimum absolute atomic E-state index is 0.118. The van der Waals surface area contributed by atoms with Gasteiger partial charge in [0.15, 0.2) is 0 Å². The number of anilines is 1. The molecule has 10 heteroatoms. The van der Waals surface area contributed by atoms with Crippen LogP contribution in [0.5, 0.6) is 0 Å². The SMILES string of the molecule is CN(C)c1ccc(C=NNC(=O)[C@H](CSCc2ccccc2)NC(=O)c2ccc([N+](=O)[O-])cc2)cc1. The van der Waals surface area contributed by atoms with Crippen LogP contribution in [-0.4, -0.2) is 48.8 Å². The van der Waals surface area contributed by atoms with Crippen LogP contribution >= 0.6 is 11.8 Å². The predicted molar refractivity (Wildman–Crippen MR) is 143 cm³/mol. The van der Waals surface area contributed by atoms with Crippen LogP contribution in [0.25, 0.3) is 0 Å². The van der Waals surface area contributed by atoms with Crippen LogP contribution < -0.4 is 15.6 Å². The molecule has 0 saturated carbocycles. The number of thioether (sulfide) groups is 1. The summed E-state index contributed by atoms with van der Waals surface area (Å²) in [5.74, 6) is 0.00652. The Balaban J connectivity index is 1.65. The smallest absolute Gasteiger partial charge is 0.269 e. The highest BCUT2D eigenvalue weighted by Gasteiger charge is 2.22. The third-order valence-corrected chi connectivity index (χ3v) is 6.26. The average Bonchev–Trinajstić information content (AvgIpc) is 2.89. The molecule has 3 aromatic carbocycles. The topological polar surface area (TPSA) is 117 Å². The first-order valence-electron chi connectivity index (χ1n) is 11.1. The molecule has 186 valence electrons. The summed E-state index contributed by atoms with van der Waals surface area (Å²) in [6, 6.07) is 21.8. The van der Waals surface area contributed by atoms with E-state index >= 15 is 0 Å². The van der Waals surface area contributed by atoms with Gasteiger partial charge in [-0.15, -0.1) is 0 Å². The van der Waals surface area contributed by atoms with Crippen LogP contribution in [0.15, 0.2) is 84.0 Å². The van der Waals surface area contributed by atoms with Crippen LogP contribution in [0.1, 0.15) is 21.5 Å². The Morgan fingerprint density at radius 1 is 1.03 bits per heavy atom. The van der Waals surface area contributed by atoms with Crippen LogP contribution in [0.3, 0.4) is 0 Å². The second-order valence-corrected chi connectivity index (χ2v) is 9.08. The van der Waals surface area contributed by atoms with Crippen molar-refractivity contribution in [3.05, 3.63) is 106 Å². The molecule has 0 aliphatic rings. The van der Waals surface area contributed by atoms with Gasteiger partial charge in [-0.05, 0) is 35.4 Å². The third kappa shape index (κ3) is 7.95. The number of hydrogen-bond donors (Lipinski definition) is 2. The number of nitro benzene ring substituents is 1. The number of non-ortho nitro benzene ring substituents is 1. The summed E-state index contributed by atoms with van der Waals surface area (Å²) in [4.78, 5) is 37.9. The van der Waals surface area contributed by atoms with Crippen molar-refractivity contribution in [2.24, 2.45) is 5.10 Å². The van der Waals surface area contributed by atoms with Crippen molar-refractivity contribution >= 4 is 41.2 Å². The van der Waals surface area contributed by atoms with E-state index in [0.717, 1.165) is 16.8 Å². The summed E-state index contributed by atoms with van der Waals surface area (Å²) in [5.41, 5.74) is 5.55. The van der Waals surface area contributed by atoms with Gasteiger partial charge < -0.3 is 10.2 Å². The van der Waals surface area contributed by atoms with Crippen molar-refractivity contribution in [1.29, 1.82) is 0 Å². The third-order valence-electron chi connectivity index (χ3n) is 5.16. The Morgan fingerprint density at radius 3 is 2.31 bits per heavy atom. The lowest BCUT2D eigenvalue weighted by Gasteiger charge is -2.17. The molecule has 0 spiro atoms. The van der Waals surface area contributed by atoms with E-state index in [0.29, 0.717) is 11.5 Å². The monoisotopic (exact) mass is 505 g/mol. The molecule has 2 N–H and O–H groups in total. The Kier molecular flexibility index (Phi) is 9.58. The van der Waals surface area contributed by atoms with Crippen molar-refractivity contribution in [2.75, 3.05) is 24.7 Å². The van der Waals surface area contributed by atoms with Crippen molar-refractivity contribution in [1.82, 2.24) is 10.7 Å². The van der Waals surface area contributed by atoms with Crippen molar-refractivity contribution < 1.29 is 14.5 Å². The molecule has 3 rings (SSSR count). The van der Waals surface area contributed by atoms with Gasteiger partial charge in [-0.25, -0.2) is 5.43 Å². The van der Waals surface area contributed by atoms with Crippen molar-refractivity contribution in [2.45, 2.75) is 11.8 Å². The second kappa shape index (κ2) is 13.1. The zero-order valence-corrected chi connectivity index (χ0v) is 20.8. The van der Waals surface area contributed by atoms with Crippen LogP contribution in [-0.2, 0) is 10.5 Å². The molecule has 36 heavy (non-hydrogen) atoms. The summed E-state index contributed by atoms with van der Waals surface area (Å²) >= 11 is 1.50. The van der Waals surface area contributed by atoms with Gasteiger partial charge in [-0.2, -0.15) is 16.9 Å². The van der Waals surface area contributed by atoms with Crippen LogP contribution in [0.4, 0.5) is 11.4 Å². The molecule has 0 heterocycles. The number of hydrogen-bond acceptors (Lipinski definition) is 7. The lowest BCUT2D eigenvalue weighted by atomic mass is 10.2. The van der Waals surface area contributed by atoms with E-state index < -0.39 is 22.8 Å². The highest BCUT2D eigenvalue weighted by molar-refractivity contribution is 7.98. The van der Waals surface area contributed by atoms with E-state index in [4.69, 9.17) is 0 Å². The van der Waals surface area contributed by atoms with E-state index in [2.05, 4.69) is 15.8 Å². The fourth-order valence-electron chi connectivity index (χ4n) is 3.13. The molecule has 0 aliphatic heterocycles. The molecule has 0 fully saturated rings. The maximum atomic E-state index is 12.9. The molecule has 1 atom stereocenters. The molecule has 0 aliphatic carbocycles. The second-order valence-electron chi connectivity index (χ2n) is 8.05. The summed E-state index contributed by atoms with van der Waals surface area (Å²) < 4.78 is 0. The van der Waals surface area contributed by atoms with E-state index in [1.807, 2.05) is 73.6 Å². The lowest BCUT2D eigenvalue weighted by molar-refractivity contribution is -0.384.